The van der Waals surface area contributed by atoms with Crippen LogP contribution in [0.4, 0.5) is 0 Å². The molecule has 0 aliphatic rings. The topological polar surface area (TPSA) is 3.24 Å². The fraction of sp³-hybridized carbons (Fsp3) is 0.636. The van der Waals surface area contributed by atoms with Gasteiger partial charge in [0, 0.05) is 13.0 Å². The summed E-state index contributed by atoms with van der Waals surface area (Å²) in [5.41, 5.74) is 0. The maximum atomic E-state index is 3.10. The molecule has 0 aromatic heterocycles. The van der Waals surface area contributed by atoms with Gasteiger partial charge in [-0.2, -0.15) is 0 Å². The van der Waals surface area contributed by atoms with E-state index in [0.717, 1.165) is 13.0 Å². The molecule has 0 unspecified atom stereocenters. The lowest BCUT2D eigenvalue weighted by Crippen LogP contribution is -2.10. The van der Waals surface area contributed by atoms with E-state index in [0.29, 0.717) is 0 Å². The van der Waals surface area contributed by atoms with Gasteiger partial charge in [-0.25, -0.2) is 0 Å². The SMILES string of the molecule is CCCCC#C/C=C/CN(C)C. The summed E-state index contributed by atoms with van der Waals surface area (Å²) in [5, 5.41) is 0. The molecule has 0 aliphatic heterocycles. The van der Waals surface area contributed by atoms with Crippen molar-refractivity contribution in [2.75, 3.05) is 20.6 Å². The third-order valence-corrected chi connectivity index (χ3v) is 1.43. The second-order valence-electron chi connectivity index (χ2n) is 3.09. The Morgan fingerprint density at radius 3 is 2.67 bits per heavy atom. The molecule has 0 spiro atoms. The molecule has 1 heteroatoms. The van der Waals surface area contributed by atoms with E-state index in [4.69, 9.17) is 0 Å². The molecule has 0 aliphatic carbocycles. The van der Waals surface area contributed by atoms with E-state index in [1.54, 1.807) is 0 Å². The van der Waals surface area contributed by atoms with Crippen molar-refractivity contribution >= 4 is 0 Å². The van der Waals surface area contributed by atoms with Crippen LogP contribution in [-0.2, 0) is 0 Å². The van der Waals surface area contributed by atoms with Gasteiger partial charge >= 0.3 is 0 Å². The van der Waals surface area contributed by atoms with E-state index in [9.17, 15) is 0 Å². The molecule has 0 heterocycles. The van der Waals surface area contributed by atoms with Crippen LogP contribution >= 0.6 is 0 Å². The molecular formula is C11H19N. The first-order valence-corrected chi connectivity index (χ1v) is 4.55. The second kappa shape index (κ2) is 8.36. The highest BCUT2D eigenvalue weighted by molar-refractivity contribution is 5.15. The van der Waals surface area contributed by atoms with Crippen molar-refractivity contribution < 1.29 is 0 Å². The number of hydrogen-bond donors (Lipinski definition) is 0. The summed E-state index contributed by atoms with van der Waals surface area (Å²) in [6.07, 6.45) is 7.50. The molecule has 0 radical (unpaired) electrons. The first-order chi connectivity index (χ1) is 5.77. The van der Waals surface area contributed by atoms with E-state index in [2.05, 4.69) is 43.8 Å². The molecule has 12 heavy (non-hydrogen) atoms. The van der Waals surface area contributed by atoms with Crippen molar-refractivity contribution in [3.05, 3.63) is 12.2 Å². The van der Waals surface area contributed by atoms with Crippen LogP contribution in [-0.4, -0.2) is 25.5 Å². The Labute approximate surface area is 76.5 Å². The molecule has 0 amide bonds. The highest BCUT2D eigenvalue weighted by atomic mass is 15.0. The molecule has 0 aromatic rings. The zero-order valence-corrected chi connectivity index (χ0v) is 8.43. The van der Waals surface area contributed by atoms with Gasteiger partial charge in [-0.05, 0) is 26.6 Å². The van der Waals surface area contributed by atoms with Gasteiger partial charge in [0.2, 0.25) is 0 Å². The maximum absolute atomic E-state index is 3.10. The average Bonchev–Trinajstić information content (AvgIpc) is 2.02. The van der Waals surface area contributed by atoms with Gasteiger partial charge in [0.15, 0.2) is 0 Å². The molecule has 0 saturated carbocycles. The molecule has 68 valence electrons. The standard InChI is InChI=1S/C11H19N/c1-4-5-6-7-8-9-10-11-12(2)3/h9-10H,4-6,11H2,1-3H3/b10-9+. The van der Waals surface area contributed by atoms with Crippen molar-refractivity contribution in [3.8, 4) is 11.8 Å². The minimum absolute atomic E-state index is 0.975. The Morgan fingerprint density at radius 2 is 2.08 bits per heavy atom. The summed E-state index contributed by atoms with van der Waals surface area (Å²) in [6.45, 7) is 3.16. The Bertz CT molecular complexity index is 169. The highest BCUT2D eigenvalue weighted by Crippen LogP contribution is 1.90. The summed E-state index contributed by atoms with van der Waals surface area (Å²) in [5.74, 6) is 6.12. The van der Waals surface area contributed by atoms with Gasteiger partial charge in [-0.15, -0.1) is 0 Å². The Kier molecular flexibility index (Phi) is 7.84. The summed E-state index contributed by atoms with van der Waals surface area (Å²) in [4.78, 5) is 2.12. The summed E-state index contributed by atoms with van der Waals surface area (Å²) in [7, 11) is 4.10. The zero-order valence-electron chi connectivity index (χ0n) is 8.43. The molecule has 0 saturated heterocycles. The van der Waals surface area contributed by atoms with Crippen LogP contribution in [0, 0.1) is 11.8 Å². The van der Waals surface area contributed by atoms with Crippen LogP contribution in [0.2, 0.25) is 0 Å². The summed E-state index contributed by atoms with van der Waals surface area (Å²) < 4.78 is 0. The Morgan fingerprint density at radius 1 is 1.33 bits per heavy atom. The number of likely N-dealkylation sites (N-methyl/N-ethyl adjacent to an activating group) is 1. The van der Waals surface area contributed by atoms with Gasteiger partial charge in [0.25, 0.3) is 0 Å². The first kappa shape index (κ1) is 11.3. The third kappa shape index (κ3) is 9.26. The average molecular weight is 165 g/mol. The van der Waals surface area contributed by atoms with Gasteiger partial charge in [0.05, 0.1) is 0 Å². The predicted octanol–water partition coefficient (Wildman–Crippen LogP) is 2.30. The van der Waals surface area contributed by atoms with Gasteiger partial charge in [-0.1, -0.05) is 31.3 Å². The van der Waals surface area contributed by atoms with Crippen LogP contribution < -0.4 is 0 Å². The van der Waals surface area contributed by atoms with Crippen LogP contribution in [0.15, 0.2) is 12.2 Å². The lowest BCUT2D eigenvalue weighted by atomic mass is 10.2. The quantitative estimate of drug-likeness (QED) is 0.456. The van der Waals surface area contributed by atoms with Crippen LogP contribution in [0.1, 0.15) is 26.2 Å². The van der Waals surface area contributed by atoms with E-state index in [-0.39, 0.29) is 0 Å². The predicted molar refractivity (Wildman–Crippen MR) is 55.0 cm³/mol. The normalized spacial score (nSPS) is 10.3. The van der Waals surface area contributed by atoms with Crippen LogP contribution in [0.25, 0.3) is 0 Å². The Hall–Kier alpha value is -0.740. The van der Waals surface area contributed by atoms with Crippen LogP contribution in [0.3, 0.4) is 0 Å². The van der Waals surface area contributed by atoms with Crippen molar-refractivity contribution in [2.24, 2.45) is 0 Å². The van der Waals surface area contributed by atoms with E-state index < -0.39 is 0 Å². The van der Waals surface area contributed by atoms with Gasteiger partial charge < -0.3 is 4.90 Å². The fourth-order valence-electron chi connectivity index (χ4n) is 0.719. The smallest absolute Gasteiger partial charge is 0.0166 e. The minimum atomic E-state index is 0.975. The van der Waals surface area contributed by atoms with Gasteiger partial charge in [-0.3, -0.25) is 0 Å². The van der Waals surface area contributed by atoms with E-state index in [1.807, 2.05) is 6.08 Å². The number of rotatable bonds is 4. The molecule has 0 N–H and O–H groups in total. The number of hydrogen-bond acceptors (Lipinski definition) is 1. The fourth-order valence-corrected chi connectivity index (χ4v) is 0.719. The lowest BCUT2D eigenvalue weighted by molar-refractivity contribution is 0.456. The van der Waals surface area contributed by atoms with Gasteiger partial charge in [0.1, 0.15) is 0 Å². The largest absolute Gasteiger partial charge is 0.306 e. The molecule has 0 atom stereocenters. The van der Waals surface area contributed by atoms with Crippen molar-refractivity contribution in [1.29, 1.82) is 0 Å². The molecule has 0 rings (SSSR count). The first-order valence-electron chi connectivity index (χ1n) is 4.55. The number of allylic oxidation sites excluding steroid dienone is 1. The molecule has 0 aromatic carbocycles. The maximum Gasteiger partial charge on any atom is 0.0166 e. The van der Waals surface area contributed by atoms with Crippen molar-refractivity contribution in [1.82, 2.24) is 4.90 Å². The summed E-state index contributed by atoms with van der Waals surface area (Å²) >= 11 is 0. The van der Waals surface area contributed by atoms with Crippen molar-refractivity contribution in [3.63, 3.8) is 0 Å². The highest BCUT2D eigenvalue weighted by Gasteiger charge is 1.79. The second-order valence-corrected chi connectivity index (χ2v) is 3.09. The Balaban J connectivity index is 3.36. The monoisotopic (exact) mass is 165 g/mol. The van der Waals surface area contributed by atoms with E-state index >= 15 is 0 Å². The molecule has 1 nitrogen and oxygen atoms in total. The third-order valence-electron chi connectivity index (χ3n) is 1.43. The van der Waals surface area contributed by atoms with Crippen LogP contribution in [0.5, 0.6) is 0 Å². The molecular weight excluding hydrogens is 146 g/mol. The van der Waals surface area contributed by atoms with Crippen molar-refractivity contribution in [2.45, 2.75) is 26.2 Å². The number of unbranched alkanes of at least 4 members (excludes halogenated alkanes) is 2. The zero-order chi connectivity index (χ0) is 9.23. The lowest BCUT2D eigenvalue weighted by Gasteiger charge is -2.01. The minimum Gasteiger partial charge on any atom is -0.306 e. The van der Waals surface area contributed by atoms with E-state index in [1.165, 1.54) is 12.8 Å². The molecule has 0 fully saturated rings. The number of nitrogens with zero attached hydrogens (tertiary/aromatic N) is 1. The summed E-state index contributed by atoms with van der Waals surface area (Å²) in [6, 6.07) is 0. The molecule has 0 bridgehead atoms.